The fraction of sp³-hybridized carbons (Fsp3) is 0.632. The molecule has 0 aromatic heterocycles. The van der Waals surface area contributed by atoms with Crippen molar-refractivity contribution in [3.63, 3.8) is 0 Å². The Hall–Kier alpha value is -0.280. The third-order valence-electron chi connectivity index (χ3n) is 4.64. The van der Waals surface area contributed by atoms with Crippen molar-refractivity contribution >= 4 is 53.1 Å². The third kappa shape index (κ3) is 7.24. The molecule has 0 radical (unpaired) electrons. The van der Waals surface area contributed by atoms with Crippen molar-refractivity contribution in [2.45, 2.75) is 38.1 Å². The Kier molecular flexibility index (Phi) is 11.3. The number of nitrogens with one attached hydrogen (secondary N) is 2. The van der Waals surface area contributed by atoms with Crippen molar-refractivity contribution in [2.24, 2.45) is 4.99 Å². The first-order chi connectivity index (χ1) is 12.5. The van der Waals surface area contributed by atoms with Crippen LogP contribution in [0.3, 0.4) is 0 Å². The van der Waals surface area contributed by atoms with E-state index in [2.05, 4.69) is 24.5 Å². The maximum absolute atomic E-state index is 6.53. The largest absolute Gasteiger partial charge is 0.383 e. The monoisotopic (exact) mass is 529 g/mol. The molecule has 0 saturated carbocycles. The summed E-state index contributed by atoms with van der Waals surface area (Å²) >= 11 is 12.6. The number of hydrogen-bond acceptors (Lipinski definition) is 3. The highest BCUT2D eigenvalue weighted by atomic mass is 127. The van der Waals surface area contributed by atoms with Crippen LogP contribution < -0.4 is 10.6 Å². The Bertz CT molecular complexity index is 611. The lowest BCUT2D eigenvalue weighted by atomic mass is 9.74. The van der Waals surface area contributed by atoms with Crippen LogP contribution in [0, 0.1) is 0 Å². The highest BCUT2D eigenvalue weighted by Crippen LogP contribution is 2.39. The van der Waals surface area contributed by atoms with Crippen molar-refractivity contribution < 1.29 is 9.47 Å². The summed E-state index contributed by atoms with van der Waals surface area (Å²) in [5.74, 6) is 0.785. The summed E-state index contributed by atoms with van der Waals surface area (Å²) in [6, 6.07) is 5.90. The van der Waals surface area contributed by atoms with Crippen LogP contribution in [-0.2, 0) is 14.9 Å². The maximum atomic E-state index is 6.53. The molecule has 0 aliphatic carbocycles. The lowest BCUT2D eigenvalue weighted by molar-refractivity contribution is 0.0531. The zero-order valence-corrected chi connectivity index (χ0v) is 20.0. The van der Waals surface area contributed by atoms with Crippen molar-refractivity contribution in [1.29, 1.82) is 0 Å². The number of hydrogen-bond donors (Lipinski definition) is 2. The van der Waals surface area contributed by atoms with E-state index in [1.165, 1.54) is 0 Å². The van der Waals surface area contributed by atoms with E-state index in [4.69, 9.17) is 37.7 Å². The van der Waals surface area contributed by atoms with Gasteiger partial charge in [0.25, 0.3) is 0 Å². The number of ether oxygens (including phenoxy) is 2. The van der Waals surface area contributed by atoms with E-state index >= 15 is 0 Å². The van der Waals surface area contributed by atoms with E-state index in [1.54, 1.807) is 7.11 Å². The summed E-state index contributed by atoms with van der Waals surface area (Å²) < 4.78 is 10.8. The van der Waals surface area contributed by atoms with E-state index in [0.29, 0.717) is 36.4 Å². The minimum Gasteiger partial charge on any atom is -0.383 e. The normalized spacial score (nSPS) is 17.7. The molecule has 27 heavy (non-hydrogen) atoms. The SMILES string of the molecule is CCNC(=NCC1(c2ccc(Cl)cc2Cl)CCOCC1)NC(C)COC.I. The minimum atomic E-state index is -0.146. The van der Waals surface area contributed by atoms with Gasteiger partial charge in [-0.25, -0.2) is 0 Å². The Morgan fingerprint density at radius 2 is 2.04 bits per heavy atom. The Morgan fingerprint density at radius 3 is 2.63 bits per heavy atom. The van der Waals surface area contributed by atoms with E-state index in [0.717, 1.165) is 30.9 Å². The molecule has 1 saturated heterocycles. The van der Waals surface area contributed by atoms with Gasteiger partial charge in [0.2, 0.25) is 0 Å². The summed E-state index contributed by atoms with van der Waals surface area (Å²) in [7, 11) is 1.70. The van der Waals surface area contributed by atoms with Crippen LogP contribution in [-0.4, -0.2) is 52.0 Å². The first kappa shape index (κ1) is 24.8. The summed E-state index contributed by atoms with van der Waals surface area (Å²) in [5, 5.41) is 8.02. The molecule has 2 rings (SSSR count). The van der Waals surface area contributed by atoms with Gasteiger partial charge in [0.05, 0.1) is 13.2 Å². The molecule has 2 N–H and O–H groups in total. The number of halogens is 3. The Balaban J connectivity index is 0.00000364. The standard InChI is InChI=1S/C19H29Cl2N3O2.HI/c1-4-22-18(24-14(2)12-25-3)23-13-19(7-9-26-10-8-19)16-6-5-15(20)11-17(16)21;/h5-6,11,14H,4,7-10,12-13H2,1-3H3,(H2,22,23,24);1H. The molecule has 1 aliphatic rings. The van der Waals surface area contributed by atoms with Crippen LogP contribution in [0.4, 0.5) is 0 Å². The van der Waals surface area contributed by atoms with Gasteiger partial charge in [-0.05, 0) is 44.4 Å². The predicted octanol–water partition coefficient (Wildman–Crippen LogP) is 4.25. The summed E-state index contributed by atoms with van der Waals surface area (Å²) in [4.78, 5) is 4.86. The summed E-state index contributed by atoms with van der Waals surface area (Å²) in [6.07, 6.45) is 1.76. The van der Waals surface area contributed by atoms with Crippen LogP contribution in [0.1, 0.15) is 32.3 Å². The molecule has 0 amide bonds. The molecule has 1 heterocycles. The van der Waals surface area contributed by atoms with Gasteiger partial charge in [-0.2, -0.15) is 0 Å². The van der Waals surface area contributed by atoms with Gasteiger partial charge in [0, 0.05) is 48.4 Å². The molecule has 1 aromatic carbocycles. The zero-order chi connectivity index (χ0) is 19.0. The zero-order valence-electron chi connectivity index (χ0n) is 16.2. The van der Waals surface area contributed by atoms with Gasteiger partial charge in [0.1, 0.15) is 0 Å². The van der Waals surface area contributed by atoms with Gasteiger partial charge in [-0.1, -0.05) is 29.3 Å². The van der Waals surface area contributed by atoms with Gasteiger partial charge in [-0.15, -0.1) is 24.0 Å². The van der Waals surface area contributed by atoms with Gasteiger partial charge < -0.3 is 20.1 Å². The molecular weight excluding hydrogens is 500 g/mol. The second-order valence-corrected chi connectivity index (χ2v) is 7.56. The van der Waals surface area contributed by atoms with E-state index < -0.39 is 0 Å². The van der Waals surface area contributed by atoms with Crippen molar-refractivity contribution in [3.05, 3.63) is 33.8 Å². The maximum Gasteiger partial charge on any atom is 0.191 e. The van der Waals surface area contributed by atoms with E-state index in [-0.39, 0.29) is 35.4 Å². The van der Waals surface area contributed by atoms with Crippen LogP contribution in [0.25, 0.3) is 0 Å². The van der Waals surface area contributed by atoms with E-state index in [1.807, 2.05) is 18.2 Å². The molecule has 1 fully saturated rings. The van der Waals surface area contributed by atoms with Crippen molar-refractivity contribution in [2.75, 3.05) is 40.0 Å². The molecule has 5 nitrogen and oxygen atoms in total. The summed E-state index contributed by atoms with van der Waals surface area (Å²) in [5.41, 5.74) is 0.948. The molecule has 8 heteroatoms. The van der Waals surface area contributed by atoms with Gasteiger partial charge >= 0.3 is 0 Å². The summed E-state index contributed by atoms with van der Waals surface area (Å²) in [6.45, 7) is 7.58. The van der Waals surface area contributed by atoms with Crippen LogP contribution in [0.5, 0.6) is 0 Å². The van der Waals surface area contributed by atoms with Crippen LogP contribution >= 0.6 is 47.2 Å². The highest BCUT2D eigenvalue weighted by molar-refractivity contribution is 14.0. The van der Waals surface area contributed by atoms with Crippen molar-refractivity contribution in [3.8, 4) is 0 Å². The number of benzene rings is 1. The topological polar surface area (TPSA) is 54.9 Å². The molecule has 154 valence electrons. The molecule has 0 spiro atoms. The second-order valence-electron chi connectivity index (χ2n) is 6.71. The number of nitrogens with zero attached hydrogens (tertiary/aromatic N) is 1. The second kappa shape index (κ2) is 12.3. The lowest BCUT2D eigenvalue weighted by Crippen LogP contribution is -2.45. The van der Waals surface area contributed by atoms with Crippen LogP contribution in [0.15, 0.2) is 23.2 Å². The minimum absolute atomic E-state index is 0. The van der Waals surface area contributed by atoms with Gasteiger partial charge in [-0.3, -0.25) is 4.99 Å². The number of rotatable bonds is 7. The molecule has 1 unspecified atom stereocenters. The molecule has 1 aromatic rings. The fourth-order valence-corrected chi connectivity index (χ4v) is 3.88. The molecular formula is C19H30Cl2IN3O2. The highest BCUT2D eigenvalue weighted by Gasteiger charge is 2.36. The number of guanidine groups is 1. The molecule has 1 atom stereocenters. The fourth-order valence-electron chi connectivity index (χ4n) is 3.27. The first-order valence-corrected chi connectivity index (χ1v) is 9.83. The average molecular weight is 530 g/mol. The first-order valence-electron chi connectivity index (χ1n) is 9.08. The Labute approximate surface area is 189 Å². The molecule has 0 bridgehead atoms. The number of methoxy groups -OCH3 is 1. The van der Waals surface area contributed by atoms with Crippen LogP contribution in [0.2, 0.25) is 10.0 Å². The third-order valence-corrected chi connectivity index (χ3v) is 5.18. The van der Waals surface area contributed by atoms with Crippen molar-refractivity contribution in [1.82, 2.24) is 10.6 Å². The predicted molar refractivity (Wildman–Crippen MR) is 124 cm³/mol. The van der Waals surface area contributed by atoms with Gasteiger partial charge in [0.15, 0.2) is 5.96 Å². The quantitative estimate of drug-likeness (QED) is 0.315. The number of aliphatic imine (C=N–C) groups is 1. The molecule has 1 aliphatic heterocycles. The smallest absolute Gasteiger partial charge is 0.191 e. The van der Waals surface area contributed by atoms with E-state index in [9.17, 15) is 0 Å². The lowest BCUT2D eigenvalue weighted by Gasteiger charge is -2.37. The Morgan fingerprint density at radius 1 is 1.33 bits per heavy atom. The average Bonchev–Trinajstić information content (AvgIpc) is 2.61.